The molecule has 23 heavy (non-hydrogen) atoms. The third kappa shape index (κ3) is 5.06. The molecule has 2 amide bonds. The van der Waals surface area contributed by atoms with Gasteiger partial charge in [-0.2, -0.15) is 0 Å². The van der Waals surface area contributed by atoms with Gasteiger partial charge in [0.2, 0.25) is 0 Å². The standard InChI is InChI=1S/C16H23F2N3O2/c1-2-13(22)5-7-19-16(23)20-12-6-8-21(10-12)15-4-3-11(17)9-14(15)18/h3-4,9,12-13,22H,2,5-8,10H2,1H3,(H2,19,20,23). The highest BCUT2D eigenvalue weighted by Crippen LogP contribution is 2.24. The first-order chi connectivity index (χ1) is 11.0. The maximum Gasteiger partial charge on any atom is 0.315 e. The van der Waals surface area contributed by atoms with E-state index in [1.165, 1.54) is 12.1 Å². The Balaban J connectivity index is 1.78. The number of urea groups is 1. The summed E-state index contributed by atoms with van der Waals surface area (Å²) < 4.78 is 26.7. The van der Waals surface area contributed by atoms with Gasteiger partial charge < -0.3 is 20.6 Å². The minimum absolute atomic E-state index is 0.0875. The number of aliphatic hydroxyl groups is 1. The summed E-state index contributed by atoms with van der Waals surface area (Å²) in [4.78, 5) is 13.6. The second-order valence-corrected chi connectivity index (χ2v) is 5.78. The van der Waals surface area contributed by atoms with Gasteiger partial charge >= 0.3 is 6.03 Å². The Kier molecular flexibility index (Phi) is 6.15. The number of halogens is 2. The fourth-order valence-electron chi connectivity index (χ4n) is 2.63. The van der Waals surface area contributed by atoms with Crippen molar-refractivity contribution in [1.29, 1.82) is 0 Å². The van der Waals surface area contributed by atoms with Gasteiger partial charge in [0.15, 0.2) is 0 Å². The van der Waals surface area contributed by atoms with E-state index < -0.39 is 17.7 Å². The lowest BCUT2D eigenvalue weighted by atomic mass is 10.2. The summed E-state index contributed by atoms with van der Waals surface area (Å²) in [6.07, 6.45) is 1.46. The van der Waals surface area contributed by atoms with Gasteiger partial charge in [0.05, 0.1) is 11.8 Å². The van der Waals surface area contributed by atoms with Crippen LogP contribution in [0, 0.1) is 11.6 Å². The van der Waals surface area contributed by atoms with Crippen molar-refractivity contribution in [2.75, 3.05) is 24.5 Å². The quantitative estimate of drug-likeness (QED) is 0.749. The van der Waals surface area contributed by atoms with Gasteiger partial charge in [0, 0.05) is 31.7 Å². The number of amides is 2. The summed E-state index contributed by atoms with van der Waals surface area (Å²) in [6.45, 7) is 3.37. The monoisotopic (exact) mass is 327 g/mol. The molecule has 0 aliphatic carbocycles. The number of rotatable bonds is 6. The van der Waals surface area contributed by atoms with Crippen molar-refractivity contribution in [3.05, 3.63) is 29.8 Å². The minimum Gasteiger partial charge on any atom is -0.393 e. The van der Waals surface area contributed by atoms with E-state index in [4.69, 9.17) is 0 Å². The van der Waals surface area contributed by atoms with Gasteiger partial charge in [-0.3, -0.25) is 0 Å². The van der Waals surface area contributed by atoms with Gasteiger partial charge in [-0.05, 0) is 31.4 Å². The zero-order valence-corrected chi connectivity index (χ0v) is 13.2. The maximum atomic E-state index is 13.8. The number of benzene rings is 1. The van der Waals surface area contributed by atoms with Crippen molar-refractivity contribution >= 4 is 11.7 Å². The molecule has 2 atom stereocenters. The lowest BCUT2D eigenvalue weighted by Gasteiger charge is -2.20. The lowest BCUT2D eigenvalue weighted by molar-refractivity contribution is 0.160. The first-order valence-corrected chi connectivity index (χ1v) is 7.92. The van der Waals surface area contributed by atoms with Crippen LogP contribution >= 0.6 is 0 Å². The largest absolute Gasteiger partial charge is 0.393 e. The summed E-state index contributed by atoms with van der Waals surface area (Å²) in [6, 6.07) is 3.13. The van der Waals surface area contributed by atoms with Gasteiger partial charge in [-0.15, -0.1) is 0 Å². The molecule has 7 heteroatoms. The molecule has 2 unspecified atom stereocenters. The van der Waals surface area contributed by atoms with Crippen LogP contribution in [0.15, 0.2) is 18.2 Å². The molecule has 0 bridgehead atoms. The molecule has 1 aromatic carbocycles. The molecule has 0 radical (unpaired) electrons. The average Bonchev–Trinajstić information content (AvgIpc) is 2.95. The van der Waals surface area contributed by atoms with E-state index in [9.17, 15) is 18.7 Å². The fourth-order valence-corrected chi connectivity index (χ4v) is 2.63. The van der Waals surface area contributed by atoms with Crippen LogP contribution in [0.5, 0.6) is 0 Å². The highest BCUT2D eigenvalue weighted by molar-refractivity contribution is 5.74. The number of carbonyl (C=O) groups excluding carboxylic acids is 1. The molecule has 1 fully saturated rings. The van der Waals surface area contributed by atoms with Crippen LogP contribution in [0.25, 0.3) is 0 Å². The SMILES string of the molecule is CCC(O)CCNC(=O)NC1CCN(c2ccc(F)cc2F)C1. The van der Waals surface area contributed by atoms with E-state index >= 15 is 0 Å². The van der Waals surface area contributed by atoms with Crippen molar-refractivity contribution in [2.45, 2.75) is 38.3 Å². The maximum absolute atomic E-state index is 13.8. The van der Waals surface area contributed by atoms with Crippen LogP contribution in [0.4, 0.5) is 19.3 Å². The van der Waals surface area contributed by atoms with Gasteiger partial charge in [0.25, 0.3) is 0 Å². The van der Waals surface area contributed by atoms with Crippen LogP contribution in [-0.4, -0.2) is 42.9 Å². The second kappa shape index (κ2) is 8.10. The third-order valence-corrected chi connectivity index (χ3v) is 4.01. The molecule has 128 valence electrons. The second-order valence-electron chi connectivity index (χ2n) is 5.78. The Morgan fingerprint density at radius 1 is 1.48 bits per heavy atom. The van der Waals surface area contributed by atoms with E-state index in [0.717, 1.165) is 6.07 Å². The zero-order valence-electron chi connectivity index (χ0n) is 13.2. The highest BCUT2D eigenvalue weighted by Gasteiger charge is 2.25. The molecule has 0 spiro atoms. The highest BCUT2D eigenvalue weighted by atomic mass is 19.1. The van der Waals surface area contributed by atoms with Crippen LogP contribution < -0.4 is 15.5 Å². The summed E-state index contributed by atoms with van der Waals surface area (Å²) in [7, 11) is 0. The van der Waals surface area contributed by atoms with Gasteiger partial charge in [-0.25, -0.2) is 13.6 Å². The van der Waals surface area contributed by atoms with Gasteiger partial charge in [-0.1, -0.05) is 6.92 Å². The van der Waals surface area contributed by atoms with Crippen LogP contribution in [0.1, 0.15) is 26.2 Å². The van der Waals surface area contributed by atoms with Crippen LogP contribution in [0.3, 0.4) is 0 Å². The van der Waals surface area contributed by atoms with E-state index in [2.05, 4.69) is 10.6 Å². The number of carbonyl (C=O) groups is 1. The number of hydrogen-bond donors (Lipinski definition) is 3. The molecule has 1 aliphatic heterocycles. The predicted molar refractivity (Wildman–Crippen MR) is 84.4 cm³/mol. The summed E-state index contributed by atoms with van der Waals surface area (Å²) in [5, 5.41) is 14.9. The average molecular weight is 327 g/mol. The van der Waals surface area contributed by atoms with Crippen molar-refractivity contribution < 1.29 is 18.7 Å². The summed E-state index contributed by atoms with van der Waals surface area (Å²) >= 11 is 0. The number of aliphatic hydroxyl groups excluding tert-OH is 1. The van der Waals surface area contributed by atoms with Crippen molar-refractivity contribution in [1.82, 2.24) is 10.6 Å². The van der Waals surface area contributed by atoms with Crippen molar-refractivity contribution in [2.24, 2.45) is 0 Å². The lowest BCUT2D eigenvalue weighted by Crippen LogP contribution is -2.44. The molecule has 5 nitrogen and oxygen atoms in total. The molecule has 1 aliphatic rings. The Morgan fingerprint density at radius 3 is 2.96 bits per heavy atom. The molecular formula is C16H23F2N3O2. The van der Waals surface area contributed by atoms with Crippen LogP contribution in [-0.2, 0) is 0 Å². The Labute approximate surface area is 134 Å². The normalized spacial score (nSPS) is 18.8. The first-order valence-electron chi connectivity index (χ1n) is 7.92. The zero-order chi connectivity index (χ0) is 16.8. The van der Waals surface area contributed by atoms with Crippen molar-refractivity contribution in [3.63, 3.8) is 0 Å². The molecule has 1 saturated heterocycles. The van der Waals surface area contributed by atoms with E-state index in [-0.39, 0.29) is 12.1 Å². The first kappa shape index (κ1) is 17.5. The molecule has 2 rings (SSSR count). The Hall–Kier alpha value is -1.89. The summed E-state index contributed by atoms with van der Waals surface area (Å²) in [5.74, 6) is -1.20. The number of hydrogen-bond acceptors (Lipinski definition) is 3. The topological polar surface area (TPSA) is 64.6 Å². The summed E-state index contributed by atoms with van der Waals surface area (Å²) in [5.41, 5.74) is 0.349. The Morgan fingerprint density at radius 2 is 2.26 bits per heavy atom. The molecular weight excluding hydrogens is 304 g/mol. The smallest absolute Gasteiger partial charge is 0.315 e. The van der Waals surface area contributed by atoms with E-state index in [1.807, 2.05) is 6.92 Å². The van der Waals surface area contributed by atoms with E-state index in [1.54, 1.807) is 4.90 Å². The van der Waals surface area contributed by atoms with Gasteiger partial charge in [0.1, 0.15) is 11.6 Å². The molecule has 1 aromatic rings. The minimum atomic E-state index is -0.603. The Bertz CT molecular complexity index is 542. The molecule has 1 heterocycles. The van der Waals surface area contributed by atoms with Crippen molar-refractivity contribution in [3.8, 4) is 0 Å². The number of nitrogens with zero attached hydrogens (tertiary/aromatic N) is 1. The third-order valence-electron chi connectivity index (χ3n) is 4.01. The fraction of sp³-hybridized carbons (Fsp3) is 0.562. The molecule has 3 N–H and O–H groups in total. The predicted octanol–water partition coefficient (Wildman–Crippen LogP) is 2.00. The van der Waals surface area contributed by atoms with Crippen LogP contribution in [0.2, 0.25) is 0 Å². The molecule has 0 aromatic heterocycles. The van der Waals surface area contributed by atoms with E-state index in [0.29, 0.717) is 44.6 Å². The molecule has 0 saturated carbocycles. The number of anilines is 1. The number of nitrogens with one attached hydrogen (secondary N) is 2.